The summed E-state index contributed by atoms with van der Waals surface area (Å²) in [5.74, 6) is 2.51. The average Bonchev–Trinajstić information content (AvgIpc) is 2.24. The summed E-state index contributed by atoms with van der Waals surface area (Å²) in [6.07, 6.45) is 6.79. The van der Waals surface area contributed by atoms with Gasteiger partial charge in [-0.25, -0.2) is 0 Å². The summed E-state index contributed by atoms with van der Waals surface area (Å²) in [7, 11) is 0. The van der Waals surface area contributed by atoms with Gasteiger partial charge >= 0.3 is 0 Å². The topological polar surface area (TPSA) is 20.2 Å². The Bertz CT molecular complexity index is 290. The van der Waals surface area contributed by atoms with Crippen molar-refractivity contribution in [1.29, 1.82) is 0 Å². The molecule has 4 atom stereocenters. The lowest BCUT2D eigenvalue weighted by atomic mass is 9.51. The minimum atomic E-state index is -0.192. The first-order valence-electron chi connectivity index (χ1n) is 6.76. The van der Waals surface area contributed by atoms with Gasteiger partial charge in [0.2, 0.25) is 0 Å². The summed E-state index contributed by atoms with van der Waals surface area (Å²) in [5, 5.41) is 9.98. The molecule has 92 valence electrons. The van der Waals surface area contributed by atoms with Gasteiger partial charge in [-0.15, -0.1) is 0 Å². The predicted octanol–water partition coefficient (Wildman–Crippen LogP) is 3.78. The molecule has 0 aromatic heterocycles. The molecular weight excluding hydrogens is 196 g/mol. The molecule has 1 heteroatoms. The van der Waals surface area contributed by atoms with Crippen molar-refractivity contribution >= 4 is 0 Å². The Hall–Kier alpha value is -0.300. The van der Waals surface area contributed by atoms with Crippen molar-refractivity contribution < 1.29 is 5.11 Å². The van der Waals surface area contributed by atoms with Crippen LogP contribution in [0.5, 0.6) is 0 Å². The van der Waals surface area contributed by atoms with Crippen LogP contribution in [0.4, 0.5) is 0 Å². The summed E-state index contributed by atoms with van der Waals surface area (Å²) in [6.45, 7) is 9.26. The van der Waals surface area contributed by atoms with Crippen molar-refractivity contribution in [2.24, 2.45) is 23.2 Å². The third kappa shape index (κ3) is 2.07. The molecule has 2 aliphatic rings. The van der Waals surface area contributed by atoms with Crippen LogP contribution in [0, 0.1) is 23.2 Å². The number of fused-ring (bicyclic) bond motifs is 1. The van der Waals surface area contributed by atoms with Gasteiger partial charge in [-0.3, -0.25) is 0 Å². The highest BCUT2D eigenvalue weighted by Gasteiger charge is 2.48. The van der Waals surface area contributed by atoms with E-state index in [0.29, 0.717) is 5.41 Å². The lowest BCUT2D eigenvalue weighted by Crippen LogP contribution is -2.46. The second-order valence-corrected chi connectivity index (χ2v) is 6.72. The van der Waals surface area contributed by atoms with Gasteiger partial charge in [-0.05, 0) is 61.3 Å². The molecule has 16 heavy (non-hydrogen) atoms. The van der Waals surface area contributed by atoms with Gasteiger partial charge < -0.3 is 5.11 Å². The average molecular weight is 222 g/mol. The zero-order valence-corrected chi connectivity index (χ0v) is 11.2. The Morgan fingerprint density at radius 1 is 1.31 bits per heavy atom. The molecule has 0 bridgehead atoms. The standard InChI is InChI=1S/C15H26O/c1-10-6-8-14(16)11(2)5-7-13-12(10)9-15(13,3)4/h5,10,12-14,16H,6-9H2,1-4H3/b11-5-. The molecule has 0 aromatic carbocycles. The summed E-state index contributed by atoms with van der Waals surface area (Å²) >= 11 is 0. The van der Waals surface area contributed by atoms with E-state index in [1.807, 2.05) is 0 Å². The minimum Gasteiger partial charge on any atom is -0.389 e. The molecule has 1 nitrogen and oxygen atoms in total. The first kappa shape index (κ1) is 12.2. The van der Waals surface area contributed by atoms with Gasteiger partial charge in [-0.1, -0.05) is 26.8 Å². The van der Waals surface area contributed by atoms with Crippen molar-refractivity contribution in [3.05, 3.63) is 11.6 Å². The normalized spacial score (nSPS) is 46.4. The molecule has 4 unspecified atom stereocenters. The number of hydrogen-bond acceptors (Lipinski definition) is 1. The molecule has 0 aromatic rings. The molecule has 0 aliphatic heterocycles. The van der Waals surface area contributed by atoms with Gasteiger partial charge in [0, 0.05) is 0 Å². The smallest absolute Gasteiger partial charge is 0.0747 e. The maximum atomic E-state index is 9.98. The number of aliphatic hydroxyl groups is 1. The van der Waals surface area contributed by atoms with Crippen molar-refractivity contribution in [1.82, 2.24) is 0 Å². The quantitative estimate of drug-likeness (QED) is 0.618. The molecule has 2 rings (SSSR count). The van der Waals surface area contributed by atoms with Gasteiger partial charge in [-0.2, -0.15) is 0 Å². The molecule has 0 spiro atoms. The lowest BCUT2D eigenvalue weighted by molar-refractivity contribution is -0.0429. The second kappa shape index (κ2) is 4.18. The fraction of sp³-hybridized carbons (Fsp3) is 0.867. The zero-order valence-electron chi connectivity index (χ0n) is 11.2. The largest absolute Gasteiger partial charge is 0.389 e. The Kier molecular flexibility index (Phi) is 3.18. The summed E-state index contributed by atoms with van der Waals surface area (Å²) < 4.78 is 0. The van der Waals surface area contributed by atoms with E-state index in [1.165, 1.54) is 24.8 Å². The van der Waals surface area contributed by atoms with Crippen LogP contribution in [0.3, 0.4) is 0 Å². The van der Waals surface area contributed by atoms with Crippen LogP contribution in [0.2, 0.25) is 0 Å². The number of rotatable bonds is 0. The van der Waals surface area contributed by atoms with Crippen LogP contribution in [0.15, 0.2) is 11.6 Å². The summed E-state index contributed by atoms with van der Waals surface area (Å²) in [5.41, 5.74) is 1.71. The Balaban J connectivity index is 2.15. The van der Waals surface area contributed by atoms with Crippen LogP contribution in [-0.4, -0.2) is 11.2 Å². The van der Waals surface area contributed by atoms with E-state index in [0.717, 1.165) is 24.2 Å². The van der Waals surface area contributed by atoms with E-state index in [2.05, 4.69) is 33.8 Å². The summed E-state index contributed by atoms with van der Waals surface area (Å²) in [6, 6.07) is 0. The molecule has 0 saturated heterocycles. The SMILES string of the molecule is C/C1=C/CC2C(CC2(C)C)C(C)CCC1O. The highest BCUT2D eigenvalue weighted by Crippen LogP contribution is 2.56. The molecule has 0 amide bonds. The molecule has 2 aliphatic carbocycles. The number of aliphatic hydroxyl groups excluding tert-OH is 1. The van der Waals surface area contributed by atoms with E-state index in [-0.39, 0.29) is 6.10 Å². The first-order valence-corrected chi connectivity index (χ1v) is 6.76. The maximum absolute atomic E-state index is 9.98. The van der Waals surface area contributed by atoms with Crippen LogP contribution >= 0.6 is 0 Å². The monoisotopic (exact) mass is 222 g/mol. The third-order valence-electron chi connectivity index (χ3n) is 5.13. The van der Waals surface area contributed by atoms with Gasteiger partial charge in [0.1, 0.15) is 0 Å². The molecule has 1 N–H and O–H groups in total. The van der Waals surface area contributed by atoms with Crippen molar-refractivity contribution in [2.75, 3.05) is 0 Å². The fourth-order valence-corrected chi connectivity index (χ4v) is 3.72. The second-order valence-electron chi connectivity index (χ2n) is 6.72. The van der Waals surface area contributed by atoms with Crippen LogP contribution < -0.4 is 0 Å². The van der Waals surface area contributed by atoms with E-state index in [9.17, 15) is 5.11 Å². The summed E-state index contributed by atoms with van der Waals surface area (Å²) in [4.78, 5) is 0. The van der Waals surface area contributed by atoms with Gasteiger partial charge in [0.05, 0.1) is 6.10 Å². The Morgan fingerprint density at radius 3 is 2.62 bits per heavy atom. The van der Waals surface area contributed by atoms with Gasteiger partial charge in [0.15, 0.2) is 0 Å². The van der Waals surface area contributed by atoms with Crippen LogP contribution in [-0.2, 0) is 0 Å². The zero-order chi connectivity index (χ0) is 11.9. The lowest BCUT2D eigenvalue weighted by Gasteiger charge is -2.54. The van der Waals surface area contributed by atoms with E-state index >= 15 is 0 Å². The first-order chi connectivity index (χ1) is 7.42. The number of hydrogen-bond donors (Lipinski definition) is 1. The van der Waals surface area contributed by atoms with E-state index < -0.39 is 0 Å². The highest BCUT2D eigenvalue weighted by molar-refractivity contribution is 5.10. The van der Waals surface area contributed by atoms with Crippen molar-refractivity contribution in [3.8, 4) is 0 Å². The van der Waals surface area contributed by atoms with Gasteiger partial charge in [0.25, 0.3) is 0 Å². The van der Waals surface area contributed by atoms with E-state index in [4.69, 9.17) is 0 Å². The predicted molar refractivity (Wildman–Crippen MR) is 68.2 cm³/mol. The fourth-order valence-electron chi connectivity index (χ4n) is 3.72. The molecular formula is C15H26O. The highest BCUT2D eigenvalue weighted by atomic mass is 16.3. The Morgan fingerprint density at radius 2 is 2.00 bits per heavy atom. The van der Waals surface area contributed by atoms with Crippen LogP contribution in [0.1, 0.15) is 53.4 Å². The van der Waals surface area contributed by atoms with Crippen molar-refractivity contribution in [2.45, 2.75) is 59.5 Å². The Labute approximate surface area is 99.9 Å². The van der Waals surface area contributed by atoms with Crippen LogP contribution in [0.25, 0.3) is 0 Å². The molecule has 0 heterocycles. The molecule has 1 saturated carbocycles. The number of allylic oxidation sites excluding steroid dienone is 1. The molecule has 0 radical (unpaired) electrons. The minimum absolute atomic E-state index is 0.192. The van der Waals surface area contributed by atoms with E-state index in [1.54, 1.807) is 0 Å². The molecule has 1 fully saturated rings. The maximum Gasteiger partial charge on any atom is 0.0747 e. The third-order valence-corrected chi connectivity index (χ3v) is 5.13. The van der Waals surface area contributed by atoms with Crippen molar-refractivity contribution in [3.63, 3.8) is 0 Å².